The van der Waals surface area contributed by atoms with Gasteiger partial charge < -0.3 is 15.8 Å². The number of anilines is 1. The number of nitrogens with two attached hydrogens (primary N) is 1. The normalized spacial score (nSPS) is 12.0. The number of thioether (sulfide) groups is 1. The predicted octanol–water partition coefficient (Wildman–Crippen LogP) is 0.579. The average molecular weight is 412 g/mol. The standard InChI is InChI=1S/C14H21N3O5S2.ClH/c1-22-13(18)9-16-24(20,21)11-5-3-4-10(8-11)17-14(19)12(15)6-7-23-2;/h3-5,8,12,16H,6-7,9,15H2,1-2H3,(H,17,19);1H/t12-;/m0./s1. The molecular weight excluding hydrogens is 390 g/mol. The topological polar surface area (TPSA) is 128 Å². The summed E-state index contributed by atoms with van der Waals surface area (Å²) >= 11 is 1.58. The lowest BCUT2D eigenvalue weighted by molar-refractivity contribution is -0.139. The summed E-state index contributed by atoms with van der Waals surface area (Å²) in [5, 5.41) is 2.58. The van der Waals surface area contributed by atoms with E-state index in [0.717, 1.165) is 12.9 Å². The van der Waals surface area contributed by atoms with Crippen LogP contribution in [0.15, 0.2) is 29.2 Å². The van der Waals surface area contributed by atoms with Gasteiger partial charge in [0.05, 0.1) is 18.0 Å². The molecule has 11 heteroatoms. The summed E-state index contributed by atoms with van der Waals surface area (Å²) in [4.78, 5) is 22.9. The monoisotopic (exact) mass is 411 g/mol. The van der Waals surface area contributed by atoms with Crippen molar-refractivity contribution in [1.82, 2.24) is 4.72 Å². The Morgan fingerprint density at radius 1 is 1.36 bits per heavy atom. The van der Waals surface area contributed by atoms with Crippen molar-refractivity contribution in [2.75, 3.05) is 31.0 Å². The lowest BCUT2D eigenvalue weighted by Crippen LogP contribution is -2.36. The lowest BCUT2D eigenvalue weighted by atomic mass is 10.2. The zero-order chi connectivity index (χ0) is 18.2. The van der Waals surface area contributed by atoms with Crippen LogP contribution in [0.3, 0.4) is 0 Å². The number of benzene rings is 1. The van der Waals surface area contributed by atoms with Gasteiger partial charge in [-0.15, -0.1) is 12.4 Å². The number of hydrogen-bond donors (Lipinski definition) is 3. The molecule has 0 bridgehead atoms. The molecule has 1 amide bonds. The van der Waals surface area contributed by atoms with Crippen molar-refractivity contribution in [3.8, 4) is 0 Å². The molecule has 1 aromatic rings. The van der Waals surface area contributed by atoms with Crippen molar-refractivity contribution >= 4 is 51.8 Å². The van der Waals surface area contributed by atoms with Gasteiger partial charge in [-0.05, 0) is 36.6 Å². The zero-order valence-corrected chi connectivity index (χ0v) is 16.3. The highest BCUT2D eigenvalue weighted by Crippen LogP contribution is 2.15. The van der Waals surface area contributed by atoms with Gasteiger partial charge in [-0.1, -0.05) is 6.07 Å². The van der Waals surface area contributed by atoms with E-state index in [0.29, 0.717) is 12.1 Å². The maximum atomic E-state index is 12.1. The highest BCUT2D eigenvalue weighted by atomic mass is 35.5. The Morgan fingerprint density at radius 2 is 2.04 bits per heavy atom. The summed E-state index contributed by atoms with van der Waals surface area (Å²) in [7, 11) is -2.74. The second kappa shape index (κ2) is 11.3. The number of rotatable bonds is 9. The maximum absolute atomic E-state index is 12.1. The number of amides is 1. The van der Waals surface area contributed by atoms with Gasteiger partial charge in [0.25, 0.3) is 0 Å². The van der Waals surface area contributed by atoms with Gasteiger partial charge in [0.1, 0.15) is 6.54 Å². The third-order valence-electron chi connectivity index (χ3n) is 3.02. The number of esters is 1. The number of sulfonamides is 1. The number of nitrogens with one attached hydrogen (secondary N) is 2. The first-order chi connectivity index (χ1) is 11.3. The van der Waals surface area contributed by atoms with Crippen LogP contribution in [0.4, 0.5) is 5.69 Å². The average Bonchev–Trinajstić information content (AvgIpc) is 2.57. The molecule has 1 aromatic carbocycles. The van der Waals surface area contributed by atoms with E-state index < -0.39 is 28.6 Å². The van der Waals surface area contributed by atoms with Crippen LogP contribution in [0.25, 0.3) is 0 Å². The van der Waals surface area contributed by atoms with E-state index in [4.69, 9.17) is 5.73 Å². The number of carbonyl (C=O) groups excluding carboxylic acids is 2. The summed E-state index contributed by atoms with van der Waals surface area (Å²) in [5.74, 6) is -0.343. The Morgan fingerprint density at radius 3 is 2.64 bits per heavy atom. The molecule has 1 atom stereocenters. The van der Waals surface area contributed by atoms with Crippen LogP contribution in [-0.4, -0.2) is 52.0 Å². The molecule has 4 N–H and O–H groups in total. The van der Waals surface area contributed by atoms with Gasteiger partial charge >= 0.3 is 5.97 Å². The molecule has 142 valence electrons. The molecule has 0 saturated heterocycles. The molecule has 0 aromatic heterocycles. The third kappa shape index (κ3) is 8.06. The van der Waals surface area contributed by atoms with Crippen LogP contribution in [0.1, 0.15) is 6.42 Å². The molecule has 1 rings (SSSR count). The Hall–Kier alpha value is -1.33. The summed E-state index contributed by atoms with van der Waals surface area (Å²) in [6, 6.07) is 5.01. The molecule has 0 spiro atoms. The lowest BCUT2D eigenvalue weighted by Gasteiger charge is -2.12. The highest BCUT2D eigenvalue weighted by molar-refractivity contribution is 7.98. The minimum Gasteiger partial charge on any atom is -0.468 e. The van der Waals surface area contributed by atoms with Gasteiger partial charge in [-0.3, -0.25) is 9.59 Å². The number of methoxy groups -OCH3 is 1. The highest BCUT2D eigenvalue weighted by Gasteiger charge is 2.18. The van der Waals surface area contributed by atoms with Crippen molar-refractivity contribution in [2.45, 2.75) is 17.4 Å². The van der Waals surface area contributed by atoms with E-state index in [9.17, 15) is 18.0 Å². The molecular formula is C14H22ClN3O5S2. The van der Waals surface area contributed by atoms with E-state index >= 15 is 0 Å². The quantitative estimate of drug-likeness (QED) is 0.507. The van der Waals surface area contributed by atoms with Crippen molar-refractivity contribution in [2.24, 2.45) is 5.73 Å². The van der Waals surface area contributed by atoms with E-state index in [1.165, 1.54) is 18.2 Å². The molecule has 0 aliphatic rings. The Bertz CT molecular complexity index is 685. The van der Waals surface area contributed by atoms with Crippen LogP contribution in [0.2, 0.25) is 0 Å². The van der Waals surface area contributed by atoms with Gasteiger partial charge in [0, 0.05) is 5.69 Å². The van der Waals surface area contributed by atoms with Gasteiger partial charge in [-0.2, -0.15) is 16.5 Å². The third-order valence-corrected chi connectivity index (χ3v) is 5.06. The number of halogens is 1. The predicted molar refractivity (Wildman–Crippen MR) is 100 cm³/mol. The minimum atomic E-state index is -3.89. The summed E-state index contributed by atoms with van der Waals surface area (Å²) in [6.07, 6.45) is 2.44. The van der Waals surface area contributed by atoms with E-state index in [2.05, 4.69) is 14.8 Å². The Balaban J connectivity index is 0.00000576. The first kappa shape index (κ1) is 23.7. The molecule has 8 nitrogen and oxygen atoms in total. The first-order valence-electron chi connectivity index (χ1n) is 7.02. The molecule has 0 aliphatic carbocycles. The van der Waals surface area contributed by atoms with Crippen LogP contribution in [-0.2, 0) is 24.3 Å². The maximum Gasteiger partial charge on any atom is 0.320 e. The van der Waals surface area contributed by atoms with Crippen molar-refractivity contribution in [3.05, 3.63) is 24.3 Å². The van der Waals surface area contributed by atoms with Gasteiger partial charge in [-0.25, -0.2) is 8.42 Å². The van der Waals surface area contributed by atoms with Crippen LogP contribution in [0.5, 0.6) is 0 Å². The number of ether oxygens (including phenoxy) is 1. The fourth-order valence-electron chi connectivity index (χ4n) is 1.66. The molecule has 0 unspecified atom stereocenters. The molecule has 0 radical (unpaired) electrons. The molecule has 25 heavy (non-hydrogen) atoms. The van der Waals surface area contributed by atoms with Gasteiger partial charge in [0.15, 0.2) is 0 Å². The molecule has 0 saturated carbocycles. The summed E-state index contributed by atoms with van der Waals surface area (Å²) in [6.45, 7) is -0.477. The summed E-state index contributed by atoms with van der Waals surface area (Å²) in [5.41, 5.74) is 6.07. The number of hydrogen-bond acceptors (Lipinski definition) is 7. The fourth-order valence-corrected chi connectivity index (χ4v) is 3.17. The second-order valence-electron chi connectivity index (χ2n) is 4.81. The molecule has 0 fully saturated rings. The summed E-state index contributed by atoms with van der Waals surface area (Å²) < 4.78 is 30.7. The minimum absolute atomic E-state index is 0. The van der Waals surface area contributed by atoms with E-state index in [-0.39, 0.29) is 23.2 Å². The SMILES string of the molecule is COC(=O)CNS(=O)(=O)c1cccc(NC(=O)[C@@H](N)CCSC)c1.Cl. The molecule has 0 aliphatic heterocycles. The van der Waals surface area contributed by atoms with Crippen molar-refractivity contribution in [3.63, 3.8) is 0 Å². The second-order valence-corrected chi connectivity index (χ2v) is 7.56. The van der Waals surface area contributed by atoms with Crippen LogP contribution in [0, 0.1) is 0 Å². The van der Waals surface area contributed by atoms with E-state index in [1.54, 1.807) is 17.8 Å². The fraction of sp³-hybridized carbons (Fsp3) is 0.429. The van der Waals surface area contributed by atoms with Crippen LogP contribution >= 0.6 is 24.2 Å². The Kier molecular flexibility index (Phi) is 10.7. The number of carbonyl (C=O) groups is 2. The smallest absolute Gasteiger partial charge is 0.320 e. The van der Waals surface area contributed by atoms with E-state index in [1.807, 2.05) is 6.26 Å². The van der Waals surface area contributed by atoms with Gasteiger partial charge in [0.2, 0.25) is 15.9 Å². The first-order valence-corrected chi connectivity index (χ1v) is 9.89. The zero-order valence-electron chi connectivity index (χ0n) is 13.9. The molecule has 0 heterocycles. The Labute approximate surface area is 157 Å². The van der Waals surface area contributed by atoms with Crippen LogP contribution < -0.4 is 15.8 Å². The van der Waals surface area contributed by atoms with Crippen molar-refractivity contribution < 1.29 is 22.7 Å². The largest absolute Gasteiger partial charge is 0.468 e. The van der Waals surface area contributed by atoms with Crippen molar-refractivity contribution in [1.29, 1.82) is 0 Å².